The van der Waals surface area contributed by atoms with Gasteiger partial charge in [-0.2, -0.15) is 0 Å². The minimum absolute atomic E-state index is 0.105. The Hall–Kier alpha value is -4.19. The molecule has 0 aromatic carbocycles. The molecule has 0 bridgehead atoms. The minimum atomic E-state index is -0.810. The molecule has 0 aliphatic rings. The van der Waals surface area contributed by atoms with Crippen molar-refractivity contribution in [3.63, 3.8) is 0 Å². The van der Waals surface area contributed by atoms with Gasteiger partial charge in [0.1, 0.15) is 13.2 Å². The molecule has 6 nitrogen and oxygen atoms in total. The topological polar surface area (TPSA) is 78.9 Å². The molecule has 0 heterocycles. The van der Waals surface area contributed by atoms with E-state index in [4.69, 9.17) is 14.2 Å². The Balaban J connectivity index is 4.30. The second-order valence-corrected chi connectivity index (χ2v) is 17.4. The molecule has 6 heteroatoms. The van der Waals surface area contributed by atoms with Gasteiger partial charge in [0.05, 0.1) is 0 Å². The average Bonchev–Trinajstić information content (AvgIpc) is 3.33. The van der Waals surface area contributed by atoms with Gasteiger partial charge in [0.2, 0.25) is 0 Å². The molecule has 0 rings (SSSR count). The van der Waals surface area contributed by atoms with Crippen LogP contribution in [-0.2, 0) is 28.6 Å². The van der Waals surface area contributed by atoms with Crippen molar-refractivity contribution < 1.29 is 28.6 Å². The van der Waals surface area contributed by atoms with Crippen molar-refractivity contribution in [3.8, 4) is 0 Å². The van der Waals surface area contributed by atoms with Crippen molar-refractivity contribution in [3.05, 3.63) is 122 Å². The monoisotopic (exact) mass is 927 g/mol. The van der Waals surface area contributed by atoms with E-state index in [1.807, 2.05) is 0 Å². The number of rotatable bonds is 47. The third-order valence-electron chi connectivity index (χ3n) is 11.0. The number of allylic oxidation sites excluding steroid dienone is 20. The molecule has 1 atom stereocenters. The van der Waals surface area contributed by atoms with Crippen molar-refractivity contribution >= 4 is 17.9 Å². The van der Waals surface area contributed by atoms with Gasteiger partial charge in [-0.25, -0.2) is 0 Å². The standard InChI is InChI=1S/C61H98O6/c1-4-7-10-13-16-18-20-22-24-26-27-28-29-30-31-32-33-35-36-38-40-42-45-48-51-54-60(63)66-57-58(56-65-59(62)53-50-47-44-15-12-9-6-3)67-61(64)55-52-49-46-43-41-39-37-34-25-23-21-19-17-14-11-8-5-2/h7-8,10-11,16-19,22-25,27-28,30-31,37,39,43,46,58H,4-6,9,12-15,20-21,26,29,32-36,38,40-42,44-45,47-57H2,1-3H3/b10-7-,11-8-,18-16-,19-17-,24-22-,25-23-,28-27-,31-30-,39-37-,46-43-. The van der Waals surface area contributed by atoms with Crippen molar-refractivity contribution in [2.45, 2.75) is 232 Å². The molecule has 0 aromatic heterocycles. The molecule has 0 fully saturated rings. The molecule has 0 amide bonds. The van der Waals surface area contributed by atoms with Crippen LogP contribution in [0.25, 0.3) is 0 Å². The number of carbonyl (C=O) groups excluding carboxylic acids is 3. The molecule has 0 aromatic rings. The van der Waals surface area contributed by atoms with Crippen LogP contribution in [0.2, 0.25) is 0 Å². The molecule has 67 heavy (non-hydrogen) atoms. The summed E-state index contributed by atoms with van der Waals surface area (Å²) in [7, 11) is 0. The Kier molecular flexibility index (Phi) is 51.0. The maximum atomic E-state index is 12.8. The van der Waals surface area contributed by atoms with Gasteiger partial charge in [-0.05, 0) is 103 Å². The summed E-state index contributed by atoms with van der Waals surface area (Å²) in [5.74, 6) is -0.983. The Bertz CT molecular complexity index is 1440. The van der Waals surface area contributed by atoms with E-state index in [0.29, 0.717) is 19.3 Å². The van der Waals surface area contributed by atoms with Crippen LogP contribution >= 0.6 is 0 Å². The lowest BCUT2D eigenvalue weighted by Gasteiger charge is -2.18. The largest absolute Gasteiger partial charge is 0.462 e. The SMILES string of the molecule is CC/C=C\C/C=C\C/C=C\C/C=C\C/C=C\CCCCCCCCCCCC(=O)OCC(COC(=O)CCCCCCCCC)OC(=O)CCC/C=C\C/C=C\C/C=C\C/C=C\C/C=C\CC. The maximum absolute atomic E-state index is 12.8. The van der Waals surface area contributed by atoms with Crippen LogP contribution in [0.1, 0.15) is 226 Å². The number of esters is 3. The first-order valence-electron chi connectivity index (χ1n) is 27.0. The van der Waals surface area contributed by atoms with E-state index in [1.165, 1.54) is 64.2 Å². The molecule has 0 aliphatic heterocycles. The number of hydrogen-bond donors (Lipinski definition) is 0. The highest BCUT2D eigenvalue weighted by atomic mass is 16.6. The molecule has 0 saturated heterocycles. The van der Waals surface area contributed by atoms with E-state index >= 15 is 0 Å². The third kappa shape index (κ3) is 52.6. The molecule has 0 aliphatic carbocycles. The van der Waals surface area contributed by atoms with Crippen LogP contribution in [0.4, 0.5) is 0 Å². The van der Waals surface area contributed by atoms with Crippen molar-refractivity contribution in [1.82, 2.24) is 0 Å². The lowest BCUT2D eigenvalue weighted by Crippen LogP contribution is -2.30. The predicted molar refractivity (Wildman–Crippen MR) is 288 cm³/mol. The van der Waals surface area contributed by atoms with Gasteiger partial charge in [-0.15, -0.1) is 0 Å². The number of ether oxygens (including phenoxy) is 3. The van der Waals surface area contributed by atoms with Gasteiger partial charge in [0.15, 0.2) is 6.10 Å². The van der Waals surface area contributed by atoms with Crippen molar-refractivity contribution in [1.29, 1.82) is 0 Å². The summed E-state index contributed by atoms with van der Waals surface area (Å²) >= 11 is 0. The summed E-state index contributed by atoms with van der Waals surface area (Å²) < 4.78 is 16.7. The average molecular weight is 927 g/mol. The fraction of sp³-hybridized carbons (Fsp3) is 0.623. The number of carbonyl (C=O) groups is 3. The fourth-order valence-corrected chi connectivity index (χ4v) is 6.97. The first kappa shape index (κ1) is 62.8. The second-order valence-electron chi connectivity index (χ2n) is 17.4. The Morgan fingerprint density at radius 1 is 0.313 bits per heavy atom. The van der Waals surface area contributed by atoms with Crippen molar-refractivity contribution in [2.24, 2.45) is 0 Å². The summed E-state index contributed by atoms with van der Waals surface area (Å²) in [5, 5.41) is 0. The highest BCUT2D eigenvalue weighted by Crippen LogP contribution is 2.14. The van der Waals surface area contributed by atoms with Crippen LogP contribution < -0.4 is 0 Å². The summed E-state index contributed by atoms with van der Waals surface area (Å²) in [6.07, 6.45) is 75.0. The number of unbranched alkanes of at least 4 members (excludes halogenated alkanes) is 16. The molecule has 0 N–H and O–H groups in total. The first-order valence-corrected chi connectivity index (χ1v) is 27.0. The third-order valence-corrected chi connectivity index (χ3v) is 11.0. The zero-order chi connectivity index (χ0) is 48.6. The Morgan fingerprint density at radius 2 is 0.597 bits per heavy atom. The molecule has 378 valence electrons. The second kappa shape index (κ2) is 54.4. The van der Waals surface area contributed by atoms with Gasteiger partial charge in [0, 0.05) is 19.3 Å². The highest BCUT2D eigenvalue weighted by molar-refractivity contribution is 5.71. The molecule has 1 unspecified atom stereocenters. The van der Waals surface area contributed by atoms with Gasteiger partial charge in [0.25, 0.3) is 0 Å². The fourth-order valence-electron chi connectivity index (χ4n) is 6.97. The molecule has 0 spiro atoms. The molecule has 0 radical (unpaired) electrons. The summed E-state index contributed by atoms with van der Waals surface area (Å²) in [5.41, 5.74) is 0. The van der Waals surface area contributed by atoms with E-state index in [9.17, 15) is 14.4 Å². The lowest BCUT2D eigenvalue weighted by atomic mass is 10.1. The Labute approximate surface area is 412 Å². The molecule has 0 saturated carbocycles. The van der Waals surface area contributed by atoms with Gasteiger partial charge >= 0.3 is 17.9 Å². The summed E-state index contributed by atoms with van der Waals surface area (Å²) in [6, 6.07) is 0. The highest BCUT2D eigenvalue weighted by Gasteiger charge is 2.19. The minimum Gasteiger partial charge on any atom is -0.462 e. The van der Waals surface area contributed by atoms with E-state index in [2.05, 4.69) is 142 Å². The lowest BCUT2D eigenvalue weighted by molar-refractivity contribution is -0.167. The van der Waals surface area contributed by atoms with Crippen LogP contribution in [0, 0.1) is 0 Å². The Morgan fingerprint density at radius 3 is 0.955 bits per heavy atom. The van der Waals surface area contributed by atoms with E-state index in [0.717, 1.165) is 116 Å². The van der Waals surface area contributed by atoms with E-state index in [-0.39, 0.29) is 37.5 Å². The molecular weight excluding hydrogens is 829 g/mol. The number of hydrogen-bond acceptors (Lipinski definition) is 6. The predicted octanol–water partition coefficient (Wildman–Crippen LogP) is 18.1. The van der Waals surface area contributed by atoms with E-state index in [1.54, 1.807) is 0 Å². The maximum Gasteiger partial charge on any atom is 0.306 e. The summed E-state index contributed by atoms with van der Waals surface area (Å²) in [6.45, 7) is 6.30. The smallest absolute Gasteiger partial charge is 0.306 e. The van der Waals surface area contributed by atoms with Crippen LogP contribution in [-0.4, -0.2) is 37.2 Å². The van der Waals surface area contributed by atoms with E-state index < -0.39 is 6.10 Å². The summed E-state index contributed by atoms with van der Waals surface area (Å²) in [4.78, 5) is 37.9. The van der Waals surface area contributed by atoms with Gasteiger partial charge in [-0.3, -0.25) is 14.4 Å². The first-order chi connectivity index (χ1) is 33.0. The normalized spacial score (nSPS) is 13.1. The van der Waals surface area contributed by atoms with Crippen LogP contribution in [0.15, 0.2) is 122 Å². The van der Waals surface area contributed by atoms with Crippen LogP contribution in [0.5, 0.6) is 0 Å². The van der Waals surface area contributed by atoms with Crippen LogP contribution in [0.3, 0.4) is 0 Å². The zero-order valence-corrected chi connectivity index (χ0v) is 43.1. The van der Waals surface area contributed by atoms with Gasteiger partial charge < -0.3 is 14.2 Å². The quantitative estimate of drug-likeness (QED) is 0.0262. The zero-order valence-electron chi connectivity index (χ0n) is 43.1. The van der Waals surface area contributed by atoms with Gasteiger partial charge in [-0.1, -0.05) is 226 Å². The molecular formula is C61H98O6. The van der Waals surface area contributed by atoms with Crippen molar-refractivity contribution in [2.75, 3.05) is 13.2 Å².